The van der Waals surface area contributed by atoms with Crippen LogP contribution in [0.25, 0.3) is 0 Å². The van der Waals surface area contributed by atoms with Gasteiger partial charge in [0.05, 0.1) is 16.0 Å². The Kier molecular flexibility index (Phi) is 10.1. The lowest BCUT2D eigenvalue weighted by molar-refractivity contribution is -0.144. The van der Waals surface area contributed by atoms with Crippen LogP contribution >= 0.6 is 0 Å². The van der Waals surface area contributed by atoms with Gasteiger partial charge in [-0.1, -0.05) is 64.7 Å². The summed E-state index contributed by atoms with van der Waals surface area (Å²) in [4.78, 5) is -1.53. The van der Waals surface area contributed by atoms with E-state index >= 15 is 0 Å². The van der Waals surface area contributed by atoms with Crippen LogP contribution in [0.2, 0.25) is 0 Å². The molecular weight excluding hydrogens is 434 g/mol. The molecule has 1 aromatic rings. The van der Waals surface area contributed by atoms with Gasteiger partial charge in [-0.05, 0) is 30.5 Å². The van der Waals surface area contributed by atoms with Crippen molar-refractivity contribution >= 4 is 10.1 Å². The van der Waals surface area contributed by atoms with Crippen LogP contribution in [0.5, 0.6) is 0 Å². The molecule has 0 aliphatic carbocycles. The molecule has 30 heavy (non-hydrogen) atoms. The van der Waals surface area contributed by atoms with Crippen LogP contribution in [0.3, 0.4) is 0 Å². The Bertz CT molecular complexity index is 735. The first-order valence-corrected chi connectivity index (χ1v) is 11.5. The molecule has 0 atom stereocenters. The third-order valence-electron chi connectivity index (χ3n) is 4.90. The summed E-state index contributed by atoms with van der Waals surface area (Å²) in [5.74, 6) is 0. The van der Waals surface area contributed by atoms with Gasteiger partial charge < -0.3 is 4.55 Å². The minimum atomic E-state index is -5.48. The Labute approximate surface area is 173 Å². The summed E-state index contributed by atoms with van der Waals surface area (Å²) in [7, 11) is -5.48. The highest BCUT2D eigenvalue weighted by Gasteiger charge is 2.41. The molecule has 0 aliphatic heterocycles. The van der Waals surface area contributed by atoms with Crippen molar-refractivity contribution in [3.8, 4) is 0 Å². The highest BCUT2D eigenvalue weighted by molar-refractivity contribution is 7.85. The SMILES string of the molecule is CCCCCCCCCCCCc1c(C(F)(F)F)cc(S(=O)(=O)[O-])cc1C(F)(F)F. The van der Waals surface area contributed by atoms with Gasteiger partial charge >= 0.3 is 12.4 Å². The Hall–Kier alpha value is -1.29. The van der Waals surface area contributed by atoms with Crippen LogP contribution in [-0.2, 0) is 28.9 Å². The normalized spacial score (nSPS) is 13.1. The largest absolute Gasteiger partial charge is 0.744 e. The lowest BCUT2D eigenvalue weighted by atomic mass is 9.94. The van der Waals surface area contributed by atoms with E-state index in [9.17, 15) is 39.3 Å². The molecule has 1 rings (SSSR count). The molecule has 0 N–H and O–H groups in total. The van der Waals surface area contributed by atoms with Gasteiger partial charge in [0, 0.05) is 0 Å². The molecule has 0 fully saturated rings. The standard InChI is InChI=1S/C20H28F6O3S/c1-2-3-4-5-6-7-8-9-10-11-12-16-17(19(21,22)23)13-15(30(27,28)29)14-18(16)20(24,25)26/h13-14H,2-12H2,1H3,(H,27,28,29)/p-1. The first kappa shape index (κ1) is 26.7. The summed E-state index contributed by atoms with van der Waals surface area (Å²) in [6.45, 7) is 2.11. The monoisotopic (exact) mass is 461 g/mol. The summed E-state index contributed by atoms with van der Waals surface area (Å²) in [6, 6.07) is 0.00637. The van der Waals surface area contributed by atoms with Gasteiger partial charge in [0.25, 0.3) is 0 Å². The summed E-state index contributed by atoms with van der Waals surface area (Å²) in [6.07, 6.45) is -2.18. The second kappa shape index (κ2) is 11.4. The molecule has 0 saturated heterocycles. The Balaban J connectivity index is 2.87. The van der Waals surface area contributed by atoms with Gasteiger partial charge in [0.15, 0.2) is 0 Å². The first-order valence-electron chi connectivity index (χ1n) is 10.1. The van der Waals surface area contributed by atoms with Crippen molar-refractivity contribution in [1.82, 2.24) is 0 Å². The van der Waals surface area contributed by atoms with Gasteiger partial charge in [-0.25, -0.2) is 8.42 Å². The first-order chi connectivity index (χ1) is 13.8. The summed E-state index contributed by atoms with van der Waals surface area (Å²) in [5, 5.41) is 0. The number of unbranched alkanes of at least 4 members (excludes halogenated alkanes) is 9. The third kappa shape index (κ3) is 8.83. The van der Waals surface area contributed by atoms with Crippen LogP contribution in [0.4, 0.5) is 26.3 Å². The van der Waals surface area contributed by atoms with Gasteiger partial charge in [0.2, 0.25) is 0 Å². The topological polar surface area (TPSA) is 57.2 Å². The molecule has 0 amide bonds. The van der Waals surface area contributed by atoms with Crippen LogP contribution < -0.4 is 0 Å². The number of hydrogen-bond donors (Lipinski definition) is 0. The zero-order valence-corrected chi connectivity index (χ0v) is 17.7. The van der Waals surface area contributed by atoms with Crippen LogP contribution in [0.1, 0.15) is 87.8 Å². The number of rotatable bonds is 12. The maximum Gasteiger partial charge on any atom is 0.416 e. The molecule has 0 bridgehead atoms. The van der Waals surface area contributed by atoms with Crippen molar-refractivity contribution in [3.05, 3.63) is 28.8 Å². The van der Waals surface area contributed by atoms with Gasteiger partial charge in [-0.2, -0.15) is 26.3 Å². The quantitative estimate of drug-likeness (QED) is 0.190. The second-order valence-corrected chi connectivity index (χ2v) is 8.76. The fraction of sp³-hybridized carbons (Fsp3) is 0.700. The molecule has 3 nitrogen and oxygen atoms in total. The smallest absolute Gasteiger partial charge is 0.416 e. The van der Waals surface area contributed by atoms with E-state index in [0.717, 1.165) is 38.5 Å². The predicted octanol–water partition coefficient (Wildman–Crippen LogP) is 7.09. The maximum absolute atomic E-state index is 13.3. The third-order valence-corrected chi connectivity index (χ3v) is 5.72. The van der Waals surface area contributed by atoms with Gasteiger partial charge in [-0.3, -0.25) is 0 Å². The summed E-state index contributed by atoms with van der Waals surface area (Å²) in [5.41, 5.74) is -4.45. The van der Waals surface area contributed by atoms with E-state index in [2.05, 4.69) is 6.92 Å². The minimum Gasteiger partial charge on any atom is -0.744 e. The minimum absolute atomic E-state index is 0.00318. The highest BCUT2D eigenvalue weighted by Crippen LogP contribution is 2.41. The predicted molar refractivity (Wildman–Crippen MR) is 100.0 cm³/mol. The molecule has 0 spiro atoms. The van der Waals surface area contributed by atoms with E-state index in [1.165, 1.54) is 6.42 Å². The Morgan fingerprint density at radius 3 is 1.43 bits per heavy atom. The highest BCUT2D eigenvalue weighted by atomic mass is 32.2. The number of halogens is 6. The average molecular weight is 461 g/mol. The molecule has 0 aliphatic rings. The van der Waals surface area contributed by atoms with E-state index in [1.807, 2.05) is 0 Å². The fourth-order valence-corrected chi connectivity index (χ4v) is 3.88. The van der Waals surface area contributed by atoms with E-state index in [4.69, 9.17) is 0 Å². The molecule has 10 heteroatoms. The van der Waals surface area contributed by atoms with Gasteiger partial charge in [-0.15, -0.1) is 0 Å². The number of benzene rings is 1. The lowest BCUT2D eigenvalue weighted by Crippen LogP contribution is -2.18. The van der Waals surface area contributed by atoms with Crippen molar-refractivity contribution in [2.75, 3.05) is 0 Å². The second-order valence-electron chi connectivity index (χ2n) is 7.38. The summed E-state index contributed by atoms with van der Waals surface area (Å²) >= 11 is 0. The molecule has 0 radical (unpaired) electrons. The molecule has 174 valence electrons. The molecular formula is C20H27F6O3S-. The van der Waals surface area contributed by atoms with E-state index in [1.54, 1.807) is 0 Å². The maximum atomic E-state index is 13.3. The molecule has 0 unspecified atom stereocenters. The molecule has 0 saturated carbocycles. The molecule has 0 aromatic heterocycles. The summed E-state index contributed by atoms with van der Waals surface area (Å²) < 4.78 is 113. The van der Waals surface area contributed by atoms with Crippen LogP contribution in [-0.4, -0.2) is 13.0 Å². The Morgan fingerprint density at radius 2 is 1.10 bits per heavy atom. The van der Waals surface area contributed by atoms with E-state index < -0.39 is 50.5 Å². The average Bonchev–Trinajstić information content (AvgIpc) is 2.60. The number of hydrogen-bond acceptors (Lipinski definition) is 3. The fourth-order valence-electron chi connectivity index (χ4n) is 3.35. The Morgan fingerprint density at radius 1 is 0.733 bits per heavy atom. The van der Waals surface area contributed by atoms with E-state index in [-0.39, 0.29) is 18.6 Å². The van der Waals surface area contributed by atoms with E-state index in [0.29, 0.717) is 12.8 Å². The van der Waals surface area contributed by atoms with Crippen molar-refractivity contribution in [2.45, 2.75) is 94.8 Å². The van der Waals surface area contributed by atoms with Crippen LogP contribution in [0, 0.1) is 0 Å². The van der Waals surface area contributed by atoms with Crippen LogP contribution in [0.15, 0.2) is 17.0 Å². The molecule has 0 heterocycles. The zero-order valence-electron chi connectivity index (χ0n) is 16.8. The van der Waals surface area contributed by atoms with Gasteiger partial charge in [0.1, 0.15) is 10.1 Å². The van der Waals surface area contributed by atoms with Crippen molar-refractivity contribution in [1.29, 1.82) is 0 Å². The zero-order chi connectivity index (χ0) is 23.0. The van der Waals surface area contributed by atoms with Crippen molar-refractivity contribution in [2.24, 2.45) is 0 Å². The molecule has 1 aromatic carbocycles. The van der Waals surface area contributed by atoms with Crippen molar-refractivity contribution < 1.29 is 39.3 Å². The van der Waals surface area contributed by atoms with Crippen molar-refractivity contribution in [3.63, 3.8) is 0 Å². The lowest BCUT2D eigenvalue weighted by Gasteiger charge is -2.21. The number of alkyl halides is 6.